The molecule has 4 heteroatoms. The van der Waals surface area contributed by atoms with E-state index >= 15 is 0 Å². The Kier molecular flexibility index (Phi) is 8.11. The Balaban J connectivity index is 1.52. The Labute approximate surface area is 176 Å². The first-order valence-corrected chi connectivity index (χ1v) is 12.2. The van der Waals surface area contributed by atoms with Gasteiger partial charge in [-0.2, -0.15) is 0 Å². The lowest BCUT2D eigenvalue weighted by Gasteiger charge is -2.05. The van der Waals surface area contributed by atoms with Gasteiger partial charge < -0.3 is 4.74 Å². The molecule has 3 rings (SSSR count). The van der Waals surface area contributed by atoms with Crippen molar-refractivity contribution in [1.82, 2.24) is 0 Å². The Bertz CT molecular complexity index is 842. The Morgan fingerprint density at radius 2 is 1.54 bits per heavy atom. The van der Waals surface area contributed by atoms with Crippen molar-refractivity contribution in [3.8, 4) is 5.75 Å². The van der Waals surface area contributed by atoms with Crippen LogP contribution in [0.4, 0.5) is 0 Å². The maximum absolute atomic E-state index is 12.5. The zero-order valence-corrected chi connectivity index (χ0v) is 18.6. The first kappa shape index (κ1) is 21.1. The third kappa shape index (κ3) is 5.92. The van der Waals surface area contributed by atoms with Crippen molar-refractivity contribution in [2.75, 3.05) is 0 Å². The highest BCUT2D eigenvalue weighted by Crippen LogP contribution is 2.34. The highest BCUT2D eigenvalue weighted by Gasteiger charge is 2.15. The van der Waals surface area contributed by atoms with Crippen molar-refractivity contribution in [3.63, 3.8) is 0 Å². The lowest BCUT2D eigenvalue weighted by atomic mass is 10.1. The Morgan fingerprint density at radius 1 is 0.821 bits per heavy atom. The van der Waals surface area contributed by atoms with E-state index in [0.29, 0.717) is 10.6 Å². The maximum Gasteiger partial charge on any atom is 0.353 e. The molecule has 0 saturated carbocycles. The average Bonchev–Trinajstić information content (AvgIpc) is 3.26. The predicted octanol–water partition coefficient (Wildman–Crippen LogP) is 8.04. The topological polar surface area (TPSA) is 26.3 Å². The minimum Gasteiger partial charge on any atom is -0.422 e. The zero-order chi connectivity index (χ0) is 19.8. The molecule has 1 aromatic carbocycles. The van der Waals surface area contributed by atoms with E-state index in [0.717, 1.165) is 12.8 Å². The number of esters is 1. The van der Waals surface area contributed by atoms with E-state index in [1.807, 2.05) is 18.2 Å². The van der Waals surface area contributed by atoms with Gasteiger partial charge in [-0.25, -0.2) is 4.79 Å². The van der Waals surface area contributed by atoms with Crippen molar-refractivity contribution in [2.24, 2.45) is 0 Å². The number of benzene rings is 1. The summed E-state index contributed by atoms with van der Waals surface area (Å²) >= 11 is 3.33. The lowest BCUT2D eigenvalue weighted by molar-refractivity contribution is 0.0740. The zero-order valence-electron chi connectivity index (χ0n) is 17.0. The molecule has 0 saturated heterocycles. The molecule has 0 aliphatic heterocycles. The number of unbranched alkanes of at least 4 members (excludes halogenated alkanes) is 5. The number of carbonyl (C=O) groups is 1. The highest BCUT2D eigenvalue weighted by atomic mass is 32.1. The standard InChI is InChI=1S/C24H30O2S2/c1-3-5-7-8-9-10-18-12-14-19(15-13-18)26-24(25)23-17-22-21(28-23)16-20(27-22)11-6-4-2/h12-17H,3-11H2,1-2H3. The fraction of sp³-hybridized carbons (Fsp3) is 0.458. The van der Waals surface area contributed by atoms with Crippen molar-refractivity contribution >= 4 is 38.0 Å². The molecule has 2 nitrogen and oxygen atoms in total. The van der Waals surface area contributed by atoms with Crippen molar-refractivity contribution in [3.05, 3.63) is 51.7 Å². The summed E-state index contributed by atoms with van der Waals surface area (Å²) in [5.41, 5.74) is 1.31. The van der Waals surface area contributed by atoms with Crippen LogP contribution in [0.2, 0.25) is 0 Å². The number of ether oxygens (including phenoxy) is 1. The van der Waals surface area contributed by atoms with Crippen LogP contribution >= 0.6 is 22.7 Å². The van der Waals surface area contributed by atoms with Crippen LogP contribution in [0.25, 0.3) is 9.40 Å². The first-order valence-electron chi connectivity index (χ1n) is 10.5. The Morgan fingerprint density at radius 3 is 2.25 bits per heavy atom. The summed E-state index contributed by atoms with van der Waals surface area (Å²) in [4.78, 5) is 14.6. The second-order valence-electron chi connectivity index (χ2n) is 7.35. The van der Waals surface area contributed by atoms with Gasteiger partial charge in [0.25, 0.3) is 0 Å². The second-order valence-corrected chi connectivity index (χ2v) is 9.61. The quantitative estimate of drug-likeness (QED) is 0.180. The summed E-state index contributed by atoms with van der Waals surface area (Å²) in [6, 6.07) is 12.2. The number of fused-ring (bicyclic) bond motifs is 1. The minimum atomic E-state index is -0.254. The monoisotopic (exact) mass is 414 g/mol. The molecule has 28 heavy (non-hydrogen) atoms. The van der Waals surface area contributed by atoms with Crippen molar-refractivity contribution in [2.45, 2.75) is 71.6 Å². The van der Waals surface area contributed by atoms with Crippen LogP contribution in [-0.4, -0.2) is 5.97 Å². The third-order valence-corrected chi connectivity index (χ3v) is 7.27. The van der Waals surface area contributed by atoms with Crippen LogP contribution in [-0.2, 0) is 12.8 Å². The van der Waals surface area contributed by atoms with Crippen LogP contribution < -0.4 is 4.74 Å². The molecule has 0 aliphatic carbocycles. The summed E-state index contributed by atoms with van der Waals surface area (Å²) < 4.78 is 7.97. The second kappa shape index (κ2) is 10.8. The largest absolute Gasteiger partial charge is 0.422 e. The Hall–Kier alpha value is -1.65. The predicted molar refractivity (Wildman–Crippen MR) is 122 cm³/mol. The number of hydrogen-bond acceptors (Lipinski definition) is 4. The van der Waals surface area contributed by atoms with E-state index in [-0.39, 0.29) is 5.97 Å². The normalized spacial score (nSPS) is 11.2. The van der Waals surface area contributed by atoms with Crippen LogP contribution in [0.5, 0.6) is 5.75 Å². The number of thiophene rings is 2. The number of rotatable bonds is 11. The summed E-state index contributed by atoms with van der Waals surface area (Å²) in [6.07, 6.45) is 11.1. The van der Waals surface area contributed by atoms with Gasteiger partial charge in [0, 0.05) is 14.3 Å². The summed E-state index contributed by atoms with van der Waals surface area (Å²) in [7, 11) is 0. The fourth-order valence-corrected chi connectivity index (χ4v) is 5.62. The van der Waals surface area contributed by atoms with Gasteiger partial charge in [-0.3, -0.25) is 0 Å². The van der Waals surface area contributed by atoms with Gasteiger partial charge in [0.05, 0.1) is 0 Å². The van der Waals surface area contributed by atoms with Gasteiger partial charge in [0.1, 0.15) is 10.6 Å². The van der Waals surface area contributed by atoms with Gasteiger partial charge in [-0.1, -0.05) is 58.1 Å². The van der Waals surface area contributed by atoms with Gasteiger partial charge in [0.15, 0.2) is 0 Å². The van der Waals surface area contributed by atoms with E-state index < -0.39 is 0 Å². The molecule has 0 N–H and O–H groups in total. The smallest absolute Gasteiger partial charge is 0.353 e. The highest BCUT2D eigenvalue weighted by molar-refractivity contribution is 7.28. The molecule has 0 fully saturated rings. The van der Waals surface area contributed by atoms with Crippen molar-refractivity contribution in [1.29, 1.82) is 0 Å². The summed E-state index contributed by atoms with van der Waals surface area (Å²) in [5, 5.41) is 0. The van der Waals surface area contributed by atoms with Crippen LogP contribution in [0.1, 0.15) is 78.9 Å². The van der Waals surface area contributed by atoms with Gasteiger partial charge >= 0.3 is 5.97 Å². The molecular weight excluding hydrogens is 384 g/mol. The summed E-state index contributed by atoms with van der Waals surface area (Å²) in [5.74, 6) is 0.371. The van der Waals surface area contributed by atoms with E-state index in [2.05, 4.69) is 32.0 Å². The molecule has 150 valence electrons. The molecule has 0 unspecified atom stereocenters. The van der Waals surface area contributed by atoms with E-state index in [1.165, 1.54) is 76.1 Å². The van der Waals surface area contributed by atoms with Gasteiger partial charge in [-0.15, -0.1) is 22.7 Å². The lowest BCUT2D eigenvalue weighted by Crippen LogP contribution is -2.06. The number of aryl methyl sites for hydroxylation is 2. The van der Waals surface area contributed by atoms with Crippen LogP contribution in [0.15, 0.2) is 36.4 Å². The first-order chi connectivity index (χ1) is 13.7. The van der Waals surface area contributed by atoms with E-state index in [4.69, 9.17) is 4.74 Å². The average molecular weight is 415 g/mol. The van der Waals surface area contributed by atoms with Gasteiger partial charge in [0.2, 0.25) is 0 Å². The third-order valence-electron chi connectivity index (χ3n) is 4.94. The molecular formula is C24H30O2S2. The fourth-order valence-electron chi connectivity index (χ4n) is 3.27. The van der Waals surface area contributed by atoms with Gasteiger partial charge in [-0.05, 0) is 55.5 Å². The minimum absolute atomic E-state index is 0.254. The molecule has 0 radical (unpaired) electrons. The molecule has 2 heterocycles. The molecule has 3 aromatic rings. The molecule has 0 aliphatic rings. The molecule has 0 spiro atoms. The van der Waals surface area contributed by atoms with E-state index in [1.54, 1.807) is 11.3 Å². The van der Waals surface area contributed by atoms with Crippen LogP contribution in [0.3, 0.4) is 0 Å². The SMILES string of the molecule is CCCCCCCc1ccc(OC(=O)c2cc3sc(CCCC)cc3s2)cc1. The molecule has 0 amide bonds. The summed E-state index contributed by atoms with van der Waals surface area (Å²) in [6.45, 7) is 4.45. The number of carbonyl (C=O) groups excluding carboxylic acids is 1. The number of hydrogen-bond donors (Lipinski definition) is 0. The van der Waals surface area contributed by atoms with E-state index in [9.17, 15) is 4.79 Å². The molecule has 2 aromatic heterocycles. The van der Waals surface area contributed by atoms with Crippen LogP contribution in [0, 0.1) is 0 Å². The maximum atomic E-state index is 12.5. The molecule has 0 atom stereocenters. The molecule has 0 bridgehead atoms. The van der Waals surface area contributed by atoms with Crippen molar-refractivity contribution < 1.29 is 9.53 Å².